The minimum atomic E-state index is -3.76. The third kappa shape index (κ3) is 2.90. The standard InChI is InChI=1S/C19H17NO3S/c1-14-7-11-18(12-8-14)24(22,23)20-17(10-9-15(2)21)13-16-5-3-4-6-19(16)20/h3-13H,1-2H3. The van der Waals surface area contributed by atoms with Crippen LogP contribution in [0.5, 0.6) is 0 Å². The van der Waals surface area contributed by atoms with Gasteiger partial charge >= 0.3 is 0 Å². The molecule has 0 unspecified atom stereocenters. The van der Waals surface area contributed by atoms with Crippen LogP contribution in [-0.4, -0.2) is 18.2 Å². The first kappa shape index (κ1) is 16.2. The van der Waals surface area contributed by atoms with Crippen LogP contribution < -0.4 is 0 Å². The number of carbonyl (C=O) groups is 1. The monoisotopic (exact) mass is 339 g/mol. The summed E-state index contributed by atoms with van der Waals surface area (Å²) in [5.41, 5.74) is 2.02. The largest absolute Gasteiger partial charge is 0.295 e. The first-order valence-corrected chi connectivity index (χ1v) is 8.95. The second-order valence-corrected chi connectivity index (χ2v) is 7.44. The van der Waals surface area contributed by atoms with Gasteiger partial charge in [0.15, 0.2) is 5.78 Å². The van der Waals surface area contributed by atoms with Crippen LogP contribution in [0.4, 0.5) is 0 Å². The van der Waals surface area contributed by atoms with E-state index in [2.05, 4.69) is 0 Å². The van der Waals surface area contributed by atoms with E-state index in [-0.39, 0.29) is 10.7 Å². The molecular formula is C19H17NO3S. The van der Waals surface area contributed by atoms with Gasteiger partial charge < -0.3 is 0 Å². The summed E-state index contributed by atoms with van der Waals surface area (Å²) in [5.74, 6) is -0.139. The highest BCUT2D eigenvalue weighted by Gasteiger charge is 2.21. The fourth-order valence-electron chi connectivity index (χ4n) is 2.55. The summed E-state index contributed by atoms with van der Waals surface area (Å²) >= 11 is 0. The van der Waals surface area contributed by atoms with Crippen molar-refractivity contribution in [2.24, 2.45) is 0 Å². The number of hydrogen-bond donors (Lipinski definition) is 0. The number of para-hydroxylation sites is 1. The molecule has 24 heavy (non-hydrogen) atoms. The van der Waals surface area contributed by atoms with Crippen molar-refractivity contribution in [2.45, 2.75) is 18.7 Å². The van der Waals surface area contributed by atoms with Gasteiger partial charge in [0.25, 0.3) is 10.0 Å². The van der Waals surface area contributed by atoms with E-state index in [9.17, 15) is 13.2 Å². The molecule has 0 amide bonds. The normalized spacial score (nSPS) is 12.1. The van der Waals surface area contributed by atoms with Crippen LogP contribution in [0.3, 0.4) is 0 Å². The van der Waals surface area contributed by atoms with Crippen LogP contribution in [0.1, 0.15) is 18.2 Å². The van der Waals surface area contributed by atoms with Gasteiger partial charge in [-0.3, -0.25) is 4.79 Å². The summed E-state index contributed by atoms with van der Waals surface area (Å²) in [6.45, 7) is 3.33. The summed E-state index contributed by atoms with van der Waals surface area (Å²) in [6.07, 6.45) is 2.91. The lowest BCUT2D eigenvalue weighted by molar-refractivity contribution is -0.112. The SMILES string of the molecule is CC(=O)C=Cc1cc2ccccc2n1S(=O)(=O)c1ccc(C)cc1. The molecule has 0 aliphatic carbocycles. The van der Waals surface area contributed by atoms with Crippen molar-refractivity contribution in [3.8, 4) is 0 Å². The Morgan fingerprint density at radius 2 is 1.71 bits per heavy atom. The highest BCUT2D eigenvalue weighted by molar-refractivity contribution is 7.90. The fraction of sp³-hybridized carbons (Fsp3) is 0.105. The van der Waals surface area contributed by atoms with Gasteiger partial charge in [-0.15, -0.1) is 0 Å². The van der Waals surface area contributed by atoms with Crippen LogP contribution in [0.15, 0.2) is 65.6 Å². The molecule has 1 heterocycles. The van der Waals surface area contributed by atoms with Gasteiger partial charge in [0.1, 0.15) is 0 Å². The van der Waals surface area contributed by atoms with Crippen molar-refractivity contribution >= 4 is 32.8 Å². The summed E-state index contributed by atoms with van der Waals surface area (Å²) in [7, 11) is -3.76. The van der Waals surface area contributed by atoms with Gasteiger partial charge in [-0.1, -0.05) is 35.9 Å². The highest BCUT2D eigenvalue weighted by Crippen LogP contribution is 2.26. The van der Waals surface area contributed by atoms with Gasteiger partial charge in [-0.05, 0) is 50.3 Å². The quantitative estimate of drug-likeness (QED) is 0.680. The maximum atomic E-state index is 13.1. The molecule has 4 nitrogen and oxygen atoms in total. The molecule has 0 radical (unpaired) electrons. The predicted octanol–water partition coefficient (Wildman–Crippen LogP) is 3.79. The van der Waals surface area contributed by atoms with Gasteiger partial charge in [-0.2, -0.15) is 0 Å². The molecule has 0 spiro atoms. The van der Waals surface area contributed by atoms with Crippen molar-refractivity contribution in [3.63, 3.8) is 0 Å². The second kappa shape index (κ2) is 6.09. The molecular weight excluding hydrogens is 322 g/mol. The lowest BCUT2D eigenvalue weighted by Crippen LogP contribution is -2.14. The van der Waals surface area contributed by atoms with Crippen LogP contribution in [0, 0.1) is 6.92 Å². The van der Waals surface area contributed by atoms with Gasteiger partial charge in [0.05, 0.1) is 16.1 Å². The average Bonchev–Trinajstić information content (AvgIpc) is 2.92. The molecule has 0 saturated heterocycles. The Labute approximate surface area is 141 Å². The minimum Gasteiger partial charge on any atom is -0.295 e. The Bertz CT molecular complexity index is 1040. The molecule has 0 atom stereocenters. The number of carbonyl (C=O) groups excluding carboxylic acids is 1. The zero-order valence-electron chi connectivity index (χ0n) is 13.4. The molecule has 0 fully saturated rings. The fourth-order valence-corrected chi connectivity index (χ4v) is 4.06. The predicted molar refractivity (Wildman–Crippen MR) is 95.4 cm³/mol. The third-order valence-corrected chi connectivity index (χ3v) is 5.50. The molecule has 0 aliphatic rings. The minimum absolute atomic E-state index is 0.139. The molecule has 0 aliphatic heterocycles. The molecule has 122 valence electrons. The third-order valence-electron chi connectivity index (χ3n) is 3.74. The summed E-state index contributed by atoms with van der Waals surface area (Å²) in [6, 6.07) is 15.7. The molecule has 5 heteroatoms. The van der Waals surface area contributed by atoms with E-state index in [1.54, 1.807) is 42.5 Å². The first-order valence-electron chi connectivity index (χ1n) is 7.51. The molecule has 0 N–H and O–H groups in total. The van der Waals surface area contributed by atoms with Gasteiger partial charge in [0.2, 0.25) is 0 Å². The highest BCUT2D eigenvalue weighted by atomic mass is 32.2. The molecule has 1 aromatic heterocycles. The van der Waals surface area contributed by atoms with E-state index in [0.717, 1.165) is 10.9 Å². The Balaban J connectivity index is 2.28. The Hall–Kier alpha value is -2.66. The van der Waals surface area contributed by atoms with E-state index in [1.807, 2.05) is 19.1 Å². The maximum absolute atomic E-state index is 13.1. The first-order chi connectivity index (χ1) is 11.4. The Morgan fingerprint density at radius 1 is 1.04 bits per heavy atom. The lowest BCUT2D eigenvalue weighted by atomic mass is 10.2. The van der Waals surface area contributed by atoms with E-state index in [4.69, 9.17) is 0 Å². The Morgan fingerprint density at radius 3 is 2.38 bits per heavy atom. The topological polar surface area (TPSA) is 56.1 Å². The lowest BCUT2D eigenvalue weighted by Gasteiger charge is -2.10. The molecule has 0 bridgehead atoms. The zero-order chi connectivity index (χ0) is 17.3. The maximum Gasteiger partial charge on any atom is 0.268 e. The van der Waals surface area contributed by atoms with Gasteiger partial charge in [0, 0.05) is 5.39 Å². The smallest absolute Gasteiger partial charge is 0.268 e. The molecule has 3 aromatic rings. The molecule has 0 saturated carbocycles. The average molecular weight is 339 g/mol. The van der Waals surface area contributed by atoms with E-state index in [1.165, 1.54) is 23.0 Å². The van der Waals surface area contributed by atoms with Gasteiger partial charge in [-0.25, -0.2) is 12.4 Å². The van der Waals surface area contributed by atoms with Crippen molar-refractivity contribution < 1.29 is 13.2 Å². The number of nitrogens with zero attached hydrogens (tertiary/aromatic N) is 1. The van der Waals surface area contributed by atoms with Crippen LogP contribution >= 0.6 is 0 Å². The van der Waals surface area contributed by atoms with Crippen LogP contribution in [0.25, 0.3) is 17.0 Å². The number of hydrogen-bond acceptors (Lipinski definition) is 3. The summed E-state index contributed by atoms with van der Waals surface area (Å²) in [4.78, 5) is 11.5. The number of ketones is 1. The number of aryl methyl sites for hydroxylation is 1. The Kier molecular flexibility index (Phi) is 4.11. The van der Waals surface area contributed by atoms with Crippen molar-refractivity contribution in [2.75, 3.05) is 0 Å². The number of aromatic nitrogens is 1. The number of benzene rings is 2. The van der Waals surface area contributed by atoms with E-state index in [0.29, 0.717) is 11.2 Å². The summed E-state index contributed by atoms with van der Waals surface area (Å²) in [5, 5.41) is 0.802. The van der Waals surface area contributed by atoms with Crippen molar-refractivity contribution in [3.05, 3.63) is 71.9 Å². The van der Waals surface area contributed by atoms with Crippen molar-refractivity contribution in [1.29, 1.82) is 0 Å². The number of allylic oxidation sites excluding steroid dienone is 1. The van der Waals surface area contributed by atoms with Crippen molar-refractivity contribution in [1.82, 2.24) is 3.97 Å². The number of fused-ring (bicyclic) bond motifs is 1. The van der Waals surface area contributed by atoms with E-state index >= 15 is 0 Å². The second-order valence-electron chi connectivity index (χ2n) is 5.65. The zero-order valence-corrected chi connectivity index (χ0v) is 14.2. The van der Waals surface area contributed by atoms with E-state index < -0.39 is 10.0 Å². The van der Waals surface area contributed by atoms with Crippen LogP contribution in [-0.2, 0) is 14.8 Å². The van der Waals surface area contributed by atoms with Crippen LogP contribution in [0.2, 0.25) is 0 Å². The summed E-state index contributed by atoms with van der Waals surface area (Å²) < 4.78 is 27.5. The molecule has 3 rings (SSSR count). The molecule has 2 aromatic carbocycles. The number of rotatable bonds is 4.